The van der Waals surface area contributed by atoms with Crippen molar-refractivity contribution in [3.8, 4) is 0 Å². The van der Waals surface area contributed by atoms with Crippen LogP contribution in [-0.4, -0.2) is 15.5 Å². The second-order valence-electron chi connectivity index (χ2n) is 4.33. The highest BCUT2D eigenvalue weighted by Crippen LogP contribution is 2.15. The zero-order valence-electron chi connectivity index (χ0n) is 11.3. The fourth-order valence-corrected chi connectivity index (χ4v) is 2.46. The second-order valence-corrected chi connectivity index (χ2v) is 5.63. The van der Waals surface area contributed by atoms with Crippen molar-refractivity contribution in [3.05, 3.63) is 56.1 Å². The first-order valence-corrected chi connectivity index (χ1v) is 7.48. The number of nitrogens with zero attached hydrogens (tertiary/aromatic N) is 2. The van der Waals surface area contributed by atoms with Gasteiger partial charge in [0.25, 0.3) is 5.56 Å². The maximum absolute atomic E-state index is 12.1. The number of amides is 1. The number of aromatic nitrogens is 2. The Morgan fingerprint density at radius 3 is 2.86 bits per heavy atom. The van der Waals surface area contributed by atoms with Gasteiger partial charge < -0.3 is 5.32 Å². The van der Waals surface area contributed by atoms with Crippen LogP contribution in [0.25, 0.3) is 0 Å². The molecule has 1 N–H and O–H groups in total. The Balaban J connectivity index is 2.18. The van der Waals surface area contributed by atoms with Crippen LogP contribution in [0.3, 0.4) is 0 Å². The smallest absolute Gasteiger partial charge is 0.255 e. The molecule has 0 saturated carbocycles. The van der Waals surface area contributed by atoms with Gasteiger partial charge in [-0.05, 0) is 18.2 Å². The summed E-state index contributed by atoms with van der Waals surface area (Å²) in [5, 5.41) is 2.87. The monoisotopic (exact) mass is 369 g/mol. The van der Waals surface area contributed by atoms with Gasteiger partial charge in [0.2, 0.25) is 5.91 Å². The Morgan fingerprint density at radius 1 is 1.43 bits per heavy atom. The molecule has 5 nitrogen and oxygen atoms in total. The first-order chi connectivity index (χ1) is 9.99. The minimum atomic E-state index is -0.337. The van der Waals surface area contributed by atoms with Gasteiger partial charge in [-0.1, -0.05) is 40.5 Å². The number of hydrogen-bond acceptors (Lipinski definition) is 3. The van der Waals surface area contributed by atoms with Gasteiger partial charge in [0.15, 0.2) is 0 Å². The van der Waals surface area contributed by atoms with Crippen LogP contribution in [0.2, 0.25) is 5.15 Å². The molecule has 1 aromatic carbocycles. The van der Waals surface area contributed by atoms with Gasteiger partial charge in [0.1, 0.15) is 17.5 Å². The van der Waals surface area contributed by atoms with Crippen LogP contribution in [0.5, 0.6) is 0 Å². The Morgan fingerprint density at radius 2 is 2.19 bits per heavy atom. The average molecular weight is 371 g/mol. The second kappa shape index (κ2) is 6.87. The van der Waals surface area contributed by atoms with E-state index in [1.54, 1.807) is 12.1 Å². The number of anilines is 1. The van der Waals surface area contributed by atoms with Crippen molar-refractivity contribution >= 4 is 39.1 Å². The van der Waals surface area contributed by atoms with Crippen LogP contribution in [0.4, 0.5) is 5.69 Å². The zero-order valence-corrected chi connectivity index (χ0v) is 13.6. The van der Waals surface area contributed by atoms with Crippen LogP contribution in [0.15, 0.2) is 39.6 Å². The summed E-state index contributed by atoms with van der Waals surface area (Å²) >= 11 is 9.08. The van der Waals surface area contributed by atoms with Gasteiger partial charge in [0, 0.05) is 22.6 Å². The minimum absolute atomic E-state index is 0.0985. The molecule has 2 aromatic rings. The number of hydrogen-bond donors (Lipinski definition) is 1. The lowest BCUT2D eigenvalue weighted by molar-refractivity contribution is -0.116. The maximum Gasteiger partial charge on any atom is 0.255 e. The van der Waals surface area contributed by atoms with Gasteiger partial charge in [0.05, 0.1) is 0 Å². The Kier molecular flexibility index (Phi) is 5.14. The largest absolute Gasteiger partial charge is 0.324 e. The molecule has 0 aliphatic rings. The fraction of sp³-hybridized carbons (Fsp3) is 0.214. The number of benzene rings is 1. The minimum Gasteiger partial charge on any atom is -0.324 e. The average Bonchev–Trinajstić information content (AvgIpc) is 2.41. The van der Waals surface area contributed by atoms with Gasteiger partial charge in [-0.3, -0.25) is 14.2 Å². The van der Waals surface area contributed by atoms with Crippen LogP contribution < -0.4 is 10.9 Å². The number of rotatable bonds is 4. The summed E-state index contributed by atoms with van der Waals surface area (Å²) in [7, 11) is 0. The normalized spacial score (nSPS) is 10.4. The SMILES string of the molecule is CCc1nc(Cl)cc(=O)n1CC(=O)Nc1cccc(Br)c1. The van der Waals surface area contributed by atoms with Gasteiger partial charge in [-0.2, -0.15) is 0 Å². The molecule has 0 unspecified atom stereocenters. The lowest BCUT2D eigenvalue weighted by Crippen LogP contribution is -2.30. The highest BCUT2D eigenvalue weighted by molar-refractivity contribution is 9.10. The molecule has 1 heterocycles. The summed E-state index contributed by atoms with van der Waals surface area (Å²) in [5.74, 6) is 0.186. The molecule has 7 heteroatoms. The highest BCUT2D eigenvalue weighted by Gasteiger charge is 2.11. The fourth-order valence-electron chi connectivity index (χ4n) is 1.87. The van der Waals surface area contributed by atoms with Crippen molar-refractivity contribution in [1.82, 2.24) is 9.55 Å². The van der Waals surface area contributed by atoms with Crippen molar-refractivity contribution in [2.24, 2.45) is 0 Å². The van der Waals surface area contributed by atoms with Crippen molar-refractivity contribution < 1.29 is 4.79 Å². The summed E-state index contributed by atoms with van der Waals surface area (Å²) in [6, 6.07) is 8.42. The van der Waals surface area contributed by atoms with E-state index < -0.39 is 0 Å². The van der Waals surface area contributed by atoms with E-state index in [2.05, 4.69) is 26.2 Å². The third-order valence-corrected chi connectivity index (χ3v) is 3.47. The number of nitrogens with one attached hydrogen (secondary N) is 1. The molecular weight excluding hydrogens is 358 g/mol. The lowest BCUT2D eigenvalue weighted by Gasteiger charge is -2.11. The molecule has 1 amide bonds. The standard InChI is InChI=1S/C14H13BrClN3O2/c1-2-12-18-11(16)7-14(21)19(12)8-13(20)17-10-5-3-4-9(15)6-10/h3-7H,2,8H2,1H3,(H,17,20). The molecule has 110 valence electrons. The predicted octanol–water partition coefficient (Wildman–Crippen LogP) is 2.86. The van der Waals surface area contributed by atoms with Crippen LogP contribution in [0, 0.1) is 0 Å². The van der Waals surface area contributed by atoms with Gasteiger partial charge in [-0.15, -0.1) is 0 Å². The van der Waals surface area contributed by atoms with Crippen molar-refractivity contribution in [2.75, 3.05) is 5.32 Å². The number of carbonyl (C=O) groups is 1. The van der Waals surface area contributed by atoms with E-state index >= 15 is 0 Å². The molecule has 0 fully saturated rings. The molecule has 0 bridgehead atoms. The molecule has 2 rings (SSSR count). The summed E-state index contributed by atoms with van der Waals surface area (Å²) in [4.78, 5) is 28.0. The molecule has 0 radical (unpaired) electrons. The van der Waals surface area contributed by atoms with Crippen LogP contribution >= 0.6 is 27.5 Å². The number of halogens is 2. The van der Waals surface area contributed by atoms with E-state index in [0.717, 1.165) is 4.47 Å². The third kappa shape index (κ3) is 4.15. The summed E-state index contributed by atoms with van der Waals surface area (Å²) in [5.41, 5.74) is 0.318. The summed E-state index contributed by atoms with van der Waals surface area (Å²) in [6.45, 7) is 1.75. The van der Waals surface area contributed by atoms with Gasteiger partial charge >= 0.3 is 0 Å². The third-order valence-electron chi connectivity index (χ3n) is 2.78. The van der Waals surface area contributed by atoms with E-state index in [0.29, 0.717) is 17.9 Å². The quantitative estimate of drug-likeness (QED) is 0.842. The number of carbonyl (C=O) groups excluding carboxylic acids is 1. The summed E-state index contributed by atoms with van der Waals surface area (Å²) in [6.07, 6.45) is 0.514. The molecule has 0 aliphatic heterocycles. The maximum atomic E-state index is 12.1. The van der Waals surface area contributed by atoms with Crippen molar-refractivity contribution in [1.29, 1.82) is 0 Å². The van der Waals surface area contributed by atoms with Gasteiger partial charge in [-0.25, -0.2) is 4.98 Å². The predicted molar refractivity (Wildman–Crippen MR) is 85.7 cm³/mol. The van der Waals surface area contributed by atoms with E-state index in [9.17, 15) is 9.59 Å². The molecule has 0 atom stereocenters. The van der Waals surface area contributed by atoms with Crippen LogP contribution in [0.1, 0.15) is 12.7 Å². The summed E-state index contributed by atoms with van der Waals surface area (Å²) < 4.78 is 2.18. The topological polar surface area (TPSA) is 64.0 Å². The molecule has 1 aromatic heterocycles. The van der Waals surface area contributed by atoms with Crippen LogP contribution in [-0.2, 0) is 17.8 Å². The zero-order chi connectivity index (χ0) is 15.4. The van der Waals surface area contributed by atoms with E-state index in [-0.39, 0.29) is 23.2 Å². The lowest BCUT2D eigenvalue weighted by atomic mass is 10.3. The molecule has 0 saturated heterocycles. The number of aryl methyl sites for hydroxylation is 1. The van der Waals surface area contributed by atoms with Crippen molar-refractivity contribution in [2.45, 2.75) is 19.9 Å². The first kappa shape index (κ1) is 15.7. The Labute approximate surface area is 135 Å². The Bertz CT molecular complexity index is 730. The van der Waals surface area contributed by atoms with Crippen molar-refractivity contribution in [3.63, 3.8) is 0 Å². The van der Waals surface area contributed by atoms with E-state index in [1.165, 1.54) is 10.6 Å². The molecule has 0 aliphatic carbocycles. The van der Waals surface area contributed by atoms with E-state index in [1.807, 2.05) is 19.1 Å². The Hall–Kier alpha value is -1.66. The molecule has 21 heavy (non-hydrogen) atoms. The first-order valence-electron chi connectivity index (χ1n) is 6.31. The molecular formula is C14H13BrClN3O2. The highest BCUT2D eigenvalue weighted by atomic mass is 79.9. The molecule has 0 spiro atoms. The van der Waals surface area contributed by atoms with E-state index in [4.69, 9.17) is 11.6 Å².